The summed E-state index contributed by atoms with van der Waals surface area (Å²) in [7, 11) is 0. The van der Waals surface area contributed by atoms with E-state index in [9.17, 15) is 14.0 Å². The lowest BCUT2D eigenvalue weighted by Gasteiger charge is -2.36. The molecule has 1 aromatic carbocycles. The lowest BCUT2D eigenvalue weighted by atomic mass is 10.1. The molecular formula is C17H21ClFN3O3. The van der Waals surface area contributed by atoms with Gasteiger partial charge in [0.2, 0.25) is 5.91 Å². The maximum absolute atomic E-state index is 13.9. The average Bonchev–Trinajstić information content (AvgIpc) is 2.62. The molecule has 3 rings (SSSR count). The summed E-state index contributed by atoms with van der Waals surface area (Å²) in [5.74, 6) is -0.996. The van der Waals surface area contributed by atoms with Crippen LogP contribution in [0.1, 0.15) is 10.4 Å². The molecule has 0 aliphatic carbocycles. The van der Waals surface area contributed by atoms with Crippen molar-refractivity contribution in [2.75, 3.05) is 59.0 Å². The van der Waals surface area contributed by atoms with Gasteiger partial charge < -0.3 is 14.5 Å². The van der Waals surface area contributed by atoms with Crippen LogP contribution in [0, 0.1) is 5.82 Å². The molecule has 25 heavy (non-hydrogen) atoms. The molecule has 0 radical (unpaired) electrons. The maximum Gasteiger partial charge on any atom is 0.258 e. The van der Waals surface area contributed by atoms with Crippen molar-refractivity contribution in [2.45, 2.75) is 0 Å². The Hall–Kier alpha value is -1.70. The minimum Gasteiger partial charge on any atom is -0.379 e. The summed E-state index contributed by atoms with van der Waals surface area (Å²) in [6, 6.07) is 4.19. The Balaban J connectivity index is 1.54. The zero-order chi connectivity index (χ0) is 17.8. The molecule has 0 N–H and O–H groups in total. The molecule has 2 amide bonds. The minimum absolute atomic E-state index is 0.0536. The summed E-state index contributed by atoms with van der Waals surface area (Å²) in [6.07, 6.45) is 0. The van der Waals surface area contributed by atoms with Crippen LogP contribution in [-0.2, 0) is 9.53 Å². The predicted octanol–water partition coefficient (Wildman–Crippen LogP) is 1.10. The molecule has 1 aromatic rings. The van der Waals surface area contributed by atoms with E-state index in [-0.39, 0.29) is 16.5 Å². The van der Waals surface area contributed by atoms with E-state index in [2.05, 4.69) is 4.90 Å². The SMILES string of the molecule is O=C(CN1CCOCC1)N1CCN(C(=O)c2c(F)cccc2Cl)CC1. The third-order valence-corrected chi connectivity index (χ3v) is 4.87. The van der Waals surface area contributed by atoms with Crippen LogP contribution >= 0.6 is 11.6 Å². The molecule has 0 saturated carbocycles. The van der Waals surface area contributed by atoms with Crippen LogP contribution in [-0.4, -0.2) is 85.5 Å². The summed E-state index contributed by atoms with van der Waals surface area (Å²) in [6.45, 7) is 4.83. The molecule has 6 nitrogen and oxygen atoms in total. The van der Waals surface area contributed by atoms with Gasteiger partial charge in [0.1, 0.15) is 5.82 Å². The van der Waals surface area contributed by atoms with E-state index in [1.807, 2.05) is 0 Å². The molecule has 136 valence electrons. The highest BCUT2D eigenvalue weighted by Gasteiger charge is 2.28. The first-order valence-corrected chi connectivity index (χ1v) is 8.75. The number of ether oxygens (including phenoxy) is 1. The van der Waals surface area contributed by atoms with Gasteiger partial charge in [-0.05, 0) is 12.1 Å². The Morgan fingerprint density at radius 2 is 1.68 bits per heavy atom. The summed E-state index contributed by atoms with van der Waals surface area (Å²) in [5.41, 5.74) is -0.0998. The lowest BCUT2D eigenvalue weighted by molar-refractivity contribution is -0.134. The monoisotopic (exact) mass is 369 g/mol. The number of hydrogen-bond acceptors (Lipinski definition) is 4. The van der Waals surface area contributed by atoms with Crippen molar-refractivity contribution in [1.82, 2.24) is 14.7 Å². The molecule has 2 aliphatic rings. The fourth-order valence-electron chi connectivity index (χ4n) is 3.07. The van der Waals surface area contributed by atoms with Gasteiger partial charge in [-0.3, -0.25) is 14.5 Å². The van der Waals surface area contributed by atoms with Gasteiger partial charge >= 0.3 is 0 Å². The lowest BCUT2D eigenvalue weighted by Crippen LogP contribution is -2.53. The third-order valence-electron chi connectivity index (χ3n) is 4.56. The van der Waals surface area contributed by atoms with Crippen molar-refractivity contribution in [3.8, 4) is 0 Å². The first-order valence-electron chi connectivity index (χ1n) is 8.37. The minimum atomic E-state index is -0.622. The van der Waals surface area contributed by atoms with E-state index in [4.69, 9.17) is 16.3 Å². The van der Waals surface area contributed by atoms with Crippen LogP contribution in [0.5, 0.6) is 0 Å². The Labute approximate surface area is 151 Å². The number of morpholine rings is 1. The van der Waals surface area contributed by atoms with Crippen molar-refractivity contribution >= 4 is 23.4 Å². The third kappa shape index (κ3) is 4.29. The molecule has 8 heteroatoms. The van der Waals surface area contributed by atoms with Gasteiger partial charge in [0.05, 0.1) is 30.3 Å². The normalized spacial score (nSPS) is 19.1. The number of halogens is 2. The van der Waals surface area contributed by atoms with Gasteiger partial charge in [0.25, 0.3) is 5.91 Å². The zero-order valence-electron chi connectivity index (χ0n) is 13.9. The number of benzene rings is 1. The first-order chi connectivity index (χ1) is 12.1. The molecule has 0 bridgehead atoms. The van der Waals surface area contributed by atoms with Crippen molar-refractivity contribution in [3.63, 3.8) is 0 Å². The fraction of sp³-hybridized carbons (Fsp3) is 0.529. The second-order valence-electron chi connectivity index (χ2n) is 6.16. The van der Waals surface area contributed by atoms with Crippen molar-refractivity contribution in [2.24, 2.45) is 0 Å². The van der Waals surface area contributed by atoms with Crippen LogP contribution in [0.4, 0.5) is 4.39 Å². The number of piperazine rings is 1. The number of amides is 2. The van der Waals surface area contributed by atoms with Crippen LogP contribution in [0.2, 0.25) is 5.02 Å². The first kappa shape index (κ1) is 18.1. The highest BCUT2D eigenvalue weighted by atomic mass is 35.5. The zero-order valence-corrected chi connectivity index (χ0v) is 14.7. The molecule has 2 aliphatic heterocycles. The Bertz CT molecular complexity index is 624. The molecular weight excluding hydrogens is 349 g/mol. The molecule has 2 heterocycles. The number of nitrogens with zero attached hydrogens (tertiary/aromatic N) is 3. The van der Waals surface area contributed by atoms with Crippen molar-refractivity contribution in [3.05, 3.63) is 34.6 Å². The summed E-state index contributed by atoms with van der Waals surface area (Å²) in [5, 5.41) is 0.107. The van der Waals surface area contributed by atoms with E-state index in [0.29, 0.717) is 45.9 Å². The van der Waals surface area contributed by atoms with Crippen molar-refractivity contribution < 1.29 is 18.7 Å². The van der Waals surface area contributed by atoms with Crippen LogP contribution < -0.4 is 0 Å². The van der Waals surface area contributed by atoms with E-state index in [0.717, 1.165) is 13.1 Å². The standard InChI is InChI=1S/C17H21ClFN3O3/c18-13-2-1-3-14(19)16(13)17(24)22-6-4-21(5-7-22)15(23)12-20-8-10-25-11-9-20/h1-3H,4-12H2. The average molecular weight is 370 g/mol. The molecule has 0 aromatic heterocycles. The Kier molecular flexibility index (Phi) is 5.88. The highest BCUT2D eigenvalue weighted by Crippen LogP contribution is 2.21. The number of carbonyl (C=O) groups excluding carboxylic acids is 2. The molecule has 2 fully saturated rings. The van der Waals surface area contributed by atoms with E-state index < -0.39 is 11.7 Å². The predicted molar refractivity (Wildman–Crippen MR) is 91.2 cm³/mol. The van der Waals surface area contributed by atoms with Crippen LogP contribution in [0.3, 0.4) is 0 Å². The van der Waals surface area contributed by atoms with Crippen molar-refractivity contribution in [1.29, 1.82) is 0 Å². The largest absolute Gasteiger partial charge is 0.379 e. The van der Waals surface area contributed by atoms with E-state index >= 15 is 0 Å². The van der Waals surface area contributed by atoms with E-state index in [1.165, 1.54) is 18.2 Å². The molecule has 0 atom stereocenters. The van der Waals surface area contributed by atoms with Gasteiger partial charge in [-0.15, -0.1) is 0 Å². The quantitative estimate of drug-likeness (QED) is 0.800. The van der Waals surface area contributed by atoms with E-state index in [1.54, 1.807) is 9.80 Å². The maximum atomic E-state index is 13.9. The van der Waals surface area contributed by atoms with Gasteiger partial charge in [-0.2, -0.15) is 0 Å². The van der Waals surface area contributed by atoms with Crippen LogP contribution in [0.25, 0.3) is 0 Å². The second-order valence-corrected chi connectivity index (χ2v) is 6.57. The summed E-state index contributed by atoms with van der Waals surface area (Å²) < 4.78 is 19.2. The number of rotatable bonds is 3. The Morgan fingerprint density at radius 3 is 2.32 bits per heavy atom. The molecule has 2 saturated heterocycles. The van der Waals surface area contributed by atoms with Gasteiger partial charge in [-0.1, -0.05) is 17.7 Å². The smallest absolute Gasteiger partial charge is 0.258 e. The number of carbonyl (C=O) groups is 2. The second kappa shape index (κ2) is 8.12. The summed E-state index contributed by atoms with van der Waals surface area (Å²) in [4.78, 5) is 30.3. The van der Waals surface area contributed by atoms with Gasteiger partial charge in [-0.25, -0.2) is 4.39 Å². The number of hydrogen-bond donors (Lipinski definition) is 0. The molecule has 0 spiro atoms. The topological polar surface area (TPSA) is 53.1 Å². The fourth-order valence-corrected chi connectivity index (χ4v) is 3.31. The summed E-state index contributed by atoms with van der Waals surface area (Å²) >= 11 is 5.96. The van der Waals surface area contributed by atoms with Crippen LogP contribution in [0.15, 0.2) is 18.2 Å². The Morgan fingerprint density at radius 1 is 1.04 bits per heavy atom. The molecule has 0 unspecified atom stereocenters. The van der Waals surface area contributed by atoms with Gasteiger partial charge in [0, 0.05) is 39.3 Å². The van der Waals surface area contributed by atoms with Gasteiger partial charge in [0.15, 0.2) is 0 Å². The highest BCUT2D eigenvalue weighted by molar-refractivity contribution is 6.33.